The Balaban J connectivity index is 1.89. The summed E-state index contributed by atoms with van der Waals surface area (Å²) in [5, 5.41) is 10.7. The van der Waals surface area contributed by atoms with Gasteiger partial charge in [0.2, 0.25) is 0 Å². The highest BCUT2D eigenvalue weighted by Gasteiger charge is 2.28. The summed E-state index contributed by atoms with van der Waals surface area (Å²) >= 11 is 1.18. The van der Waals surface area contributed by atoms with Crippen molar-refractivity contribution < 1.29 is 18.3 Å². The Kier molecular flexibility index (Phi) is 3.65. The minimum Gasteiger partial charge on any atom is -0.481 e. The van der Waals surface area contributed by atoms with E-state index in [1.165, 1.54) is 17.6 Å². The molecule has 116 valence electrons. The van der Waals surface area contributed by atoms with Gasteiger partial charge in [0.05, 0.1) is 22.2 Å². The third-order valence-electron chi connectivity index (χ3n) is 3.76. The zero-order valence-electron chi connectivity index (χ0n) is 11.7. The number of fused-ring (bicyclic) bond motifs is 1. The van der Waals surface area contributed by atoms with Crippen molar-refractivity contribution in [2.75, 3.05) is 4.72 Å². The number of aromatic nitrogens is 1. The fourth-order valence-electron chi connectivity index (χ4n) is 2.53. The van der Waals surface area contributed by atoms with Crippen LogP contribution in [0.3, 0.4) is 0 Å². The highest BCUT2D eigenvalue weighted by Crippen LogP contribution is 2.30. The van der Waals surface area contributed by atoms with Crippen LogP contribution in [0.5, 0.6) is 0 Å². The van der Waals surface area contributed by atoms with Gasteiger partial charge in [0.25, 0.3) is 10.0 Å². The maximum atomic E-state index is 12.4. The molecule has 0 bridgehead atoms. The maximum absolute atomic E-state index is 12.4. The van der Waals surface area contributed by atoms with Gasteiger partial charge in [-0.2, -0.15) is 4.37 Å². The topological polar surface area (TPSA) is 96.4 Å². The van der Waals surface area contributed by atoms with Crippen LogP contribution in [-0.2, 0) is 27.7 Å². The minimum absolute atomic E-state index is 0.142. The lowest BCUT2D eigenvalue weighted by molar-refractivity contribution is -0.141. The number of nitrogens with zero attached hydrogens (tertiary/aromatic N) is 1. The Labute approximate surface area is 132 Å². The van der Waals surface area contributed by atoms with Crippen molar-refractivity contribution in [1.29, 1.82) is 0 Å². The molecule has 8 heteroatoms. The molecule has 2 N–H and O–H groups in total. The zero-order chi connectivity index (χ0) is 15.9. The van der Waals surface area contributed by atoms with Gasteiger partial charge < -0.3 is 5.11 Å². The van der Waals surface area contributed by atoms with Crippen LogP contribution in [0.15, 0.2) is 28.5 Å². The molecule has 1 aliphatic rings. The lowest BCUT2D eigenvalue weighted by Crippen LogP contribution is -2.13. The van der Waals surface area contributed by atoms with E-state index in [0.717, 1.165) is 11.1 Å². The quantitative estimate of drug-likeness (QED) is 0.889. The largest absolute Gasteiger partial charge is 0.481 e. The van der Waals surface area contributed by atoms with Crippen molar-refractivity contribution in [1.82, 2.24) is 4.37 Å². The van der Waals surface area contributed by atoms with Gasteiger partial charge in [-0.15, -0.1) is 0 Å². The van der Waals surface area contributed by atoms with Gasteiger partial charge >= 0.3 is 5.97 Å². The number of benzene rings is 1. The van der Waals surface area contributed by atoms with Gasteiger partial charge in [-0.05, 0) is 54.6 Å². The first-order valence-electron chi connectivity index (χ1n) is 6.65. The van der Waals surface area contributed by atoms with E-state index in [1.54, 1.807) is 24.4 Å². The summed E-state index contributed by atoms with van der Waals surface area (Å²) in [7, 11) is -3.70. The Bertz CT molecular complexity index is 842. The molecular weight excluding hydrogens is 324 g/mol. The number of nitrogens with one attached hydrogen (secondary N) is 1. The number of rotatable bonds is 4. The van der Waals surface area contributed by atoms with E-state index >= 15 is 0 Å². The van der Waals surface area contributed by atoms with Crippen LogP contribution in [0.25, 0.3) is 0 Å². The van der Waals surface area contributed by atoms with Gasteiger partial charge in [0.1, 0.15) is 0 Å². The van der Waals surface area contributed by atoms with Crippen LogP contribution in [0.1, 0.15) is 16.8 Å². The van der Waals surface area contributed by atoms with Gasteiger partial charge in [-0.3, -0.25) is 9.52 Å². The van der Waals surface area contributed by atoms with Crippen LogP contribution in [-0.4, -0.2) is 23.9 Å². The van der Waals surface area contributed by atoms with Gasteiger partial charge in [-0.1, -0.05) is 6.07 Å². The summed E-state index contributed by atoms with van der Waals surface area (Å²) in [5.41, 5.74) is 2.78. The summed E-state index contributed by atoms with van der Waals surface area (Å²) in [5.74, 6) is -1.32. The summed E-state index contributed by atoms with van der Waals surface area (Å²) in [4.78, 5) is 11.2. The van der Waals surface area contributed by atoms with Crippen molar-refractivity contribution in [3.05, 3.63) is 40.4 Å². The number of carbonyl (C=O) groups is 1. The Morgan fingerprint density at radius 2 is 2.09 bits per heavy atom. The van der Waals surface area contributed by atoms with Crippen LogP contribution in [0, 0.1) is 12.8 Å². The molecule has 1 aromatic heterocycles. The predicted molar refractivity (Wildman–Crippen MR) is 82.6 cm³/mol. The SMILES string of the molecule is Cc1nscc1NS(=O)(=O)c1ccc2c(c1)CC(C(=O)O)C2. The molecule has 2 aromatic rings. The molecule has 0 fully saturated rings. The molecule has 1 atom stereocenters. The second-order valence-electron chi connectivity index (χ2n) is 5.29. The number of hydrogen-bond donors (Lipinski definition) is 2. The number of anilines is 1. The smallest absolute Gasteiger partial charge is 0.307 e. The molecule has 1 heterocycles. The first-order valence-corrected chi connectivity index (χ1v) is 8.97. The van der Waals surface area contributed by atoms with Crippen molar-refractivity contribution in [2.24, 2.45) is 5.92 Å². The highest BCUT2D eigenvalue weighted by molar-refractivity contribution is 7.92. The second kappa shape index (κ2) is 5.36. The lowest BCUT2D eigenvalue weighted by Gasteiger charge is -2.08. The first-order chi connectivity index (χ1) is 10.4. The molecule has 0 aliphatic heterocycles. The average molecular weight is 338 g/mol. The molecule has 0 spiro atoms. The Hall–Kier alpha value is -1.93. The van der Waals surface area contributed by atoms with Crippen molar-refractivity contribution in [2.45, 2.75) is 24.7 Å². The summed E-state index contributed by atoms with van der Waals surface area (Å²) in [6.45, 7) is 1.73. The minimum atomic E-state index is -3.70. The average Bonchev–Trinajstić information content (AvgIpc) is 3.04. The predicted octanol–water partition coefficient (Wildman–Crippen LogP) is 2.05. The summed E-state index contributed by atoms with van der Waals surface area (Å²) < 4.78 is 31.4. The van der Waals surface area contributed by atoms with Crippen molar-refractivity contribution in [3.8, 4) is 0 Å². The molecule has 22 heavy (non-hydrogen) atoms. The van der Waals surface area contributed by atoms with Crippen molar-refractivity contribution >= 4 is 33.2 Å². The number of aryl methyl sites for hydroxylation is 1. The molecule has 1 unspecified atom stereocenters. The molecule has 3 rings (SSSR count). The number of carboxylic acid groups (broad SMARTS) is 1. The van der Waals surface area contributed by atoms with Crippen LogP contribution in [0.4, 0.5) is 5.69 Å². The molecule has 0 saturated carbocycles. The van der Waals surface area contributed by atoms with E-state index < -0.39 is 21.9 Å². The number of aliphatic carboxylic acids is 1. The van der Waals surface area contributed by atoms with Crippen LogP contribution < -0.4 is 4.72 Å². The lowest BCUT2D eigenvalue weighted by atomic mass is 10.1. The first kappa shape index (κ1) is 15.0. The van der Waals surface area contributed by atoms with Crippen LogP contribution >= 0.6 is 11.5 Å². The Morgan fingerprint density at radius 1 is 1.36 bits per heavy atom. The zero-order valence-corrected chi connectivity index (χ0v) is 13.4. The standard InChI is InChI=1S/C14H14N2O4S2/c1-8-13(7-21-15-8)16-22(19,20)12-3-2-9-4-11(14(17)18)5-10(9)6-12/h2-3,6-7,11,16H,4-5H2,1H3,(H,17,18). The molecule has 6 nitrogen and oxygen atoms in total. The third kappa shape index (κ3) is 2.71. The third-order valence-corrected chi connectivity index (χ3v) is 5.85. The number of carboxylic acids is 1. The Morgan fingerprint density at radius 3 is 2.73 bits per heavy atom. The van der Waals surface area contributed by atoms with E-state index in [9.17, 15) is 13.2 Å². The number of sulfonamides is 1. The highest BCUT2D eigenvalue weighted by atomic mass is 32.2. The van der Waals surface area contributed by atoms with E-state index in [4.69, 9.17) is 5.11 Å². The molecule has 0 amide bonds. The maximum Gasteiger partial charge on any atom is 0.307 e. The molecular formula is C14H14N2O4S2. The monoisotopic (exact) mass is 338 g/mol. The van der Waals surface area contributed by atoms with Gasteiger partial charge in [-0.25, -0.2) is 8.42 Å². The van der Waals surface area contributed by atoms with E-state index in [1.807, 2.05) is 0 Å². The second-order valence-corrected chi connectivity index (χ2v) is 7.60. The van der Waals surface area contributed by atoms with Crippen LogP contribution in [0.2, 0.25) is 0 Å². The molecule has 1 aliphatic carbocycles. The molecule has 0 radical (unpaired) electrons. The van der Waals surface area contributed by atoms with Gasteiger partial charge in [0.15, 0.2) is 0 Å². The fourth-order valence-corrected chi connectivity index (χ4v) is 4.41. The molecule has 0 saturated heterocycles. The molecule has 1 aromatic carbocycles. The number of hydrogen-bond acceptors (Lipinski definition) is 5. The summed E-state index contributed by atoms with van der Waals surface area (Å²) in [6, 6.07) is 4.78. The van der Waals surface area contributed by atoms with E-state index in [0.29, 0.717) is 24.2 Å². The normalized spacial score (nSPS) is 17.2. The van der Waals surface area contributed by atoms with E-state index in [-0.39, 0.29) is 4.90 Å². The van der Waals surface area contributed by atoms with Crippen molar-refractivity contribution in [3.63, 3.8) is 0 Å². The van der Waals surface area contributed by atoms with E-state index in [2.05, 4.69) is 9.10 Å². The van der Waals surface area contributed by atoms with Gasteiger partial charge in [0, 0.05) is 5.38 Å². The fraction of sp³-hybridized carbons (Fsp3) is 0.286. The summed E-state index contributed by atoms with van der Waals surface area (Å²) in [6.07, 6.45) is 0.818.